The zero-order chi connectivity index (χ0) is 15.4. The molecule has 1 aliphatic heterocycles. The Morgan fingerprint density at radius 2 is 2.27 bits per heavy atom. The average Bonchev–Trinajstić information content (AvgIpc) is 3.15. The fourth-order valence-electron chi connectivity index (χ4n) is 2.91. The van der Waals surface area contributed by atoms with E-state index in [1.54, 1.807) is 11.3 Å². The van der Waals surface area contributed by atoms with Gasteiger partial charge in [-0.3, -0.25) is 0 Å². The third-order valence-corrected chi connectivity index (χ3v) is 5.03. The van der Waals surface area contributed by atoms with E-state index in [9.17, 15) is 0 Å². The molecule has 0 saturated carbocycles. The minimum atomic E-state index is 0.419. The molecule has 1 aliphatic rings. The molecule has 2 aromatic rings. The van der Waals surface area contributed by atoms with Crippen molar-refractivity contribution in [3.05, 3.63) is 39.7 Å². The Morgan fingerprint density at radius 1 is 1.36 bits per heavy atom. The van der Waals surface area contributed by atoms with Gasteiger partial charge in [0.05, 0.1) is 16.8 Å². The number of thiazole rings is 1. The molecule has 0 bridgehead atoms. The monoisotopic (exact) mass is 316 g/mol. The van der Waals surface area contributed by atoms with Crippen LogP contribution >= 0.6 is 11.3 Å². The van der Waals surface area contributed by atoms with Crippen LogP contribution in [0.5, 0.6) is 0 Å². The van der Waals surface area contributed by atoms with Crippen LogP contribution in [-0.2, 0) is 11.2 Å². The Kier molecular flexibility index (Phi) is 5.24. The summed E-state index contributed by atoms with van der Waals surface area (Å²) in [6, 6.07) is 6.56. The van der Waals surface area contributed by atoms with Crippen molar-refractivity contribution in [1.29, 1.82) is 0 Å². The van der Waals surface area contributed by atoms with Gasteiger partial charge in [-0.05, 0) is 32.3 Å². The molecule has 1 aromatic heterocycles. The van der Waals surface area contributed by atoms with E-state index in [-0.39, 0.29) is 0 Å². The molecule has 0 aliphatic carbocycles. The standard InChI is InChI=1S/C18H24N2OS/c1-13-5-6-16(14(2)10-13)17-12-22-18(20-17)7-8-19-11-15-4-3-9-21-15/h5-6,10,12,15,19H,3-4,7-9,11H2,1-2H3. The maximum Gasteiger partial charge on any atom is 0.0945 e. The number of aromatic nitrogens is 1. The Hall–Kier alpha value is -1.23. The van der Waals surface area contributed by atoms with Crippen molar-refractivity contribution in [3.63, 3.8) is 0 Å². The van der Waals surface area contributed by atoms with Gasteiger partial charge in [0.2, 0.25) is 0 Å². The van der Waals surface area contributed by atoms with Crippen LogP contribution in [0.15, 0.2) is 23.6 Å². The highest BCUT2D eigenvalue weighted by atomic mass is 32.1. The van der Waals surface area contributed by atoms with Crippen LogP contribution in [0.3, 0.4) is 0 Å². The molecular formula is C18H24N2OS. The minimum Gasteiger partial charge on any atom is -0.377 e. The molecule has 2 heterocycles. The van der Waals surface area contributed by atoms with Crippen molar-refractivity contribution in [1.82, 2.24) is 10.3 Å². The van der Waals surface area contributed by atoms with Crippen LogP contribution in [0.1, 0.15) is 29.0 Å². The summed E-state index contributed by atoms with van der Waals surface area (Å²) in [5.74, 6) is 0. The summed E-state index contributed by atoms with van der Waals surface area (Å²) in [4.78, 5) is 4.79. The van der Waals surface area contributed by atoms with Gasteiger partial charge in [-0.1, -0.05) is 23.8 Å². The number of nitrogens with one attached hydrogen (secondary N) is 1. The van der Waals surface area contributed by atoms with Gasteiger partial charge in [-0.15, -0.1) is 11.3 Å². The Balaban J connectivity index is 1.52. The molecule has 3 nitrogen and oxygen atoms in total. The number of nitrogens with zero attached hydrogens (tertiary/aromatic N) is 1. The van der Waals surface area contributed by atoms with Gasteiger partial charge >= 0.3 is 0 Å². The summed E-state index contributed by atoms with van der Waals surface area (Å²) in [6.45, 7) is 7.15. The number of hydrogen-bond acceptors (Lipinski definition) is 4. The highest BCUT2D eigenvalue weighted by Gasteiger charge is 2.14. The third kappa shape index (κ3) is 3.94. The first-order valence-electron chi connectivity index (χ1n) is 8.07. The number of rotatable bonds is 6. The van der Waals surface area contributed by atoms with Crippen molar-refractivity contribution in [2.24, 2.45) is 0 Å². The molecule has 0 amide bonds. The predicted molar refractivity (Wildman–Crippen MR) is 92.6 cm³/mol. The summed E-state index contributed by atoms with van der Waals surface area (Å²) in [6.07, 6.45) is 3.81. The fourth-order valence-corrected chi connectivity index (χ4v) is 3.71. The van der Waals surface area contributed by atoms with Gasteiger partial charge in [0.15, 0.2) is 0 Å². The molecule has 22 heavy (non-hydrogen) atoms. The lowest BCUT2D eigenvalue weighted by Gasteiger charge is -2.09. The molecule has 0 radical (unpaired) electrons. The molecule has 0 spiro atoms. The van der Waals surface area contributed by atoms with Gasteiger partial charge in [-0.2, -0.15) is 0 Å². The molecule has 1 aromatic carbocycles. The molecule has 1 unspecified atom stereocenters. The topological polar surface area (TPSA) is 34.1 Å². The van der Waals surface area contributed by atoms with Crippen molar-refractivity contribution in [3.8, 4) is 11.3 Å². The maximum absolute atomic E-state index is 5.61. The quantitative estimate of drug-likeness (QED) is 0.824. The maximum atomic E-state index is 5.61. The number of aryl methyl sites for hydroxylation is 2. The first-order valence-corrected chi connectivity index (χ1v) is 8.94. The van der Waals surface area contributed by atoms with Crippen LogP contribution in [0.4, 0.5) is 0 Å². The van der Waals surface area contributed by atoms with Crippen molar-refractivity contribution >= 4 is 11.3 Å². The van der Waals surface area contributed by atoms with E-state index in [4.69, 9.17) is 9.72 Å². The van der Waals surface area contributed by atoms with E-state index in [2.05, 4.69) is 42.7 Å². The zero-order valence-electron chi connectivity index (χ0n) is 13.4. The summed E-state index contributed by atoms with van der Waals surface area (Å²) in [5.41, 5.74) is 4.96. The smallest absolute Gasteiger partial charge is 0.0945 e. The molecule has 4 heteroatoms. The van der Waals surface area contributed by atoms with Gasteiger partial charge in [0.1, 0.15) is 0 Å². The molecule has 118 valence electrons. The lowest BCUT2D eigenvalue weighted by atomic mass is 10.0. The van der Waals surface area contributed by atoms with Gasteiger partial charge in [0.25, 0.3) is 0 Å². The minimum absolute atomic E-state index is 0.419. The molecule has 3 rings (SSSR count). The van der Waals surface area contributed by atoms with E-state index in [1.165, 1.54) is 34.5 Å². The number of hydrogen-bond donors (Lipinski definition) is 1. The lowest BCUT2D eigenvalue weighted by molar-refractivity contribution is 0.110. The van der Waals surface area contributed by atoms with Crippen molar-refractivity contribution in [2.45, 2.75) is 39.2 Å². The molecule has 1 saturated heterocycles. The Morgan fingerprint density at radius 3 is 3.05 bits per heavy atom. The number of benzene rings is 1. The van der Waals surface area contributed by atoms with Crippen molar-refractivity contribution < 1.29 is 4.74 Å². The second-order valence-electron chi connectivity index (χ2n) is 6.03. The Bertz CT molecular complexity index is 617. The van der Waals surface area contributed by atoms with E-state index >= 15 is 0 Å². The van der Waals surface area contributed by atoms with Crippen LogP contribution in [0.25, 0.3) is 11.3 Å². The largest absolute Gasteiger partial charge is 0.377 e. The third-order valence-electron chi connectivity index (χ3n) is 4.12. The van der Waals surface area contributed by atoms with E-state index < -0.39 is 0 Å². The summed E-state index contributed by atoms with van der Waals surface area (Å²) in [5, 5.41) is 6.86. The molecule has 1 fully saturated rings. The first-order chi connectivity index (χ1) is 10.7. The second-order valence-corrected chi connectivity index (χ2v) is 6.98. The van der Waals surface area contributed by atoms with Gasteiger partial charge in [0, 0.05) is 37.1 Å². The van der Waals surface area contributed by atoms with Crippen LogP contribution in [0, 0.1) is 13.8 Å². The summed E-state index contributed by atoms with van der Waals surface area (Å²) in [7, 11) is 0. The second kappa shape index (κ2) is 7.36. The molecule has 1 atom stereocenters. The fraction of sp³-hybridized carbons (Fsp3) is 0.500. The van der Waals surface area contributed by atoms with E-state index in [1.807, 2.05) is 0 Å². The summed E-state index contributed by atoms with van der Waals surface area (Å²) >= 11 is 1.76. The van der Waals surface area contributed by atoms with Crippen LogP contribution < -0.4 is 5.32 Å². The van der Waals surface area contributed by atoms with E-state index in [0.717, 1.165) is 31.8 Å². The van der Waals surface area contributed by atoms with Gasteiger partial charge < -0.3 is 10.1 Å². The normalized spacial score (nSPS) is 18.0. The Labute approximate surface area is 136 Å². The summed E-state index contributed by atoms with van der Waals surface area (Å²) < 4.78 is 5.61. The van der Waals surface area contributed by atoms with Gasteiger partial charge in [-0.25, -0.2) is 4.98 Å². The number of ether oxygens (including phenoxy) is 1. The first kappa shape index (κ1) is 15.7. The predicted octanol–water partition coefficient (Wildman–Crippen LogP) is 3.74. The van der Waals surface area contributed by atoms with Crippen molar-refractivity contribution in [2.75, 3.05) is 19.7 Å². The SMILES string of the molecule is Cc1ccc(-c2csc(CCNCC3CCCO3)n2)c(C)c1. The zero-order valence-corrected chi connectivity index (χ0v) is 14.2. The molecular weight excluding hydrogens is 292 g/mol. The van der Waals surface area contributed by atoms with Crippen LogP contribution in [-0.4, -0.2) is 30.8 Å². The average molecular weight is 316 g/mol. The lowest BCUT2D eigenvalue weighted by Crippen LogP contribution is -2.27. The highest BCUT2D eigenvalue weighted by molar-refractivity contribution is 7.09. The van der Waals surface area contributed by atoms with Crippen LogP contribution in [0.2, 0.25) is 0 Å². The molecule has 1 N–H and O–H groups in total. The van der Waals surface area contributed by atoms with E-state index in [0.29, 0.717) is 6.10 Å². The highest BCUT2D eigenvalue weighted by Crippen LogP contribution is 2.25.